The first kappa shape index (κ1) is 26.6. The number of hydrogen-bond donors (Lipinski definition) is 0. The Hall–Kier alpha value is -1.51. The Bertz CT molecular complexity index is 1140. The number of piperidine rings is 2. The van der Waals surface area contributed by atoms with Gasteiger partial charge in [-0.15, -0.1) is 0 Å². The molecule has 10 heteroatoms. The van der Waals surface area contributed by atoms with E-state index in [9.17, 15) is 13.2 Å². The molecule has 0 unspecified atom stereocenters. The van der Waals surface area contributed by atoms with Gasteiger partial charge in [0, 0.05) is 48.1 Å². The van der Waals surface area contributed by atoms with Gasteiger partial charge in [0.1, 0.15) is 10.6 Å². The number of carbonyl (C=O) groups excluding carboxylic acids is 1. The van der Waals surface area contributed by atoms with Crippen LogP contribution in [0.4, 0.5) is 0 Å². The van der Waals surface area contributed by atoms with Crippen LogP contribution in [-0.2, 0) is 14.8 Å². The molecular formula is C25H29Cl3N2O4S. The van der Waals surface area contributed by atoms with Gasteiger partial charge in [-0.3, -0.25) is 4.79 Å². The average Bonchev–Trinajstić information content (AvgIpc) is 2.84. The van der Waals surface area contributed by atoms with Crippen molar-refractivity contribution in [2.45, 2.75) is 43.4 Å². The van der Waals surface area contributed by atoms with E-state index in [0.29, 0.717) is 41.7 Å². The maximum Gasteiger partial charge on any atom is 0.244 e. The van der Waals surface area contributed by atoms with E-state index in [2.05, 4.69) is 0 Å². The standard InChI is InChI=1S/C25H29Cl3N2O4S/c26-19-4-7-21(8-5-19)34-18-25(17-24(31)29-12-2-1-3-13-29)10-14-30(15-11-25)35(32,33)23-9-6-20(27)16-22(23)28/h4-9,16H,1-3,10-15,17-18H2. The van der Waals surface area contributed by atoms with Crippen molar-refractivity contribution in [2.75, 3.05) is 32.8 Å². The van der Waals surface area contributed by atoms with Gasteiger partial charge in [-0.1, -0.05) is 34.8 Å². The van der Waals surface area contributed by atoms with Crippen LogP contribution < -0.4 is 4.74 Å². The summed E-state index contributed by atoms with van der Waals surface area (Å²) >= 11 is 18.1. The molecule has 1 amide bonds. The zero-order valence-corrected chi connectivity index (χ0v) is 22.5. The number of sulfonamides is 1. The highest BCUT2D eigenvalue weighted by atomic mass is 35.5. The summed E-state index contributed by atoms with van der Waals surface area (Å²) in [6.07, 6.45) is 4.53. The minimum atomic E-state index is -3.79. The summed E-state index contributed by atoms with van der Waals surface area (Å²) < 4.78 is 34.1. The predicted molar refractivity (Wildman–Crippen MR) is 139 cm³/mol. The van der Waals surface area contributed by atoms with E-state index in [1.807, 2.05) is 4.90 Å². The highest BCUT2D eigenvalue weighted by Crippen LogP contribution is 2.39. The molecule has 2 heterocycles. The van der Waals surface area contributed by atoms with Crippen LogP contribution in [0.2, 0.25) is 15.1 Å². The van der Waals surface area contributed by atoms with Gasteiger partial charge in [-0.2, -0.15) is 4.31 Å². The lowest BCUT2D eigenvalue weighted by Gasteiger charge is -2.42. The molecule has 4 rings (SSSR count). The van der Waals surface area contributed by atoms with Gasteiger partial charge in [0.2, 0.25) is 15.9 Å². The lowest BCUT2D eigenvalue weighted by molar-refractivity contribution is -0.136. The van der Waals surface area contributed by atoms with Gasteiger partial charge >= 0.3 is 0 Å². The lowest BCUT2D eigenvalue weighted by atomic mass is 9.76. The number of carbonyl (C=O) groups is 1. The van der Waals surface area contributed by atoms with Crippen LogP contribution in [0.5, 0.6) is 5.75 Å². The fourth-order valence-corrected chi connectivity index (χ4v) is 7.05. The molecule has 2 aromatic rings. The predicted octanol–water partition coefficient (Wildman–Crippen LogP) is 5.90. The maximum absolute atomic E-state index is 13.3. The summed E-state index contributed by atoms with van der Waals surface area (Å²) in [6, 6.07) is 11.5. The van der Waals surface area contributed by atoms with Crippen LogP contribution in [0.25, 0.3) is 0 Å². The molecule has 2 saturated heterocycles. The second kappa shape index (κ2) is 11.3. The minimum absolute atomic E-state index is 0.0397. The molecule has 0 bridgehead atoms. The topological polar surface area (TPSA) is 66.9 Å². The molecule has 6 nitrogen and oxygen atoms in total. The monoisotopic (exact) mass is 558 g/mol. The van der Waals surface area contributed by atoms with Gasteiger partial charge in [0.05, 0.1) is 11.6 Å². The van der Waals surface area contributed by atoms with Crippen molar-refractivity contribution in [3.8, 4) is 5.75 Å². The minimum Gasteiger partial charge on any atom is -0.493 e. The molecule has 2 fully saturated rings. The van der Waals surface area contributed by atoms with Crippen molar-refractivity contribution in [3.05, 3.63) is 57.5 Å². The molecule has 2 aliphatic heterocycles. The molecule has 0 atom stereocenters. The Balaban J connectivity index is 1.50. The first-order chi connectivity index (χ1) is 16.7. The quantitative estimate of drug-likeness (QED) is 0.424. The van der Waals surface area contributed by atoms with Gasteiger partial charge in [-0.05, 0) is 74.6 Å². The molecule has 190 valence electrons. The van der Waals surface area contributed by atoms with Gasteiger partial charge in [0.25, 0.3) is 0 Å². The molecule has 2 aliphatic rings. The summed E-state index contributed by atoms with van der Waals surface area (Å²) in [6.45, 7) is 2.44. The van der Waals surface area contributed by atoms with Crippen molar-refractivity contribution in [1.29, 1.82) is 0 Å². The van der Waals surface area contributed by atoms with Crippen molar-refractivity contribution >= 4 is 50.7 Å². The Morgan fingerprint density at radius 1 is 0.886 bits per heavy atom. The molecule has 35 heavy (non-hydrogen) atoms. The molecule has 0 saturated carbocycles. The molecule has 0 radical (unpaired) electrons. The number of likely N-dealkylation sites (tertiary alicyclic amines) is 1. The average molecular weight is 560 g/mol. The Labute approximate surface area is 222 Å². The lowest BCUT2D eigenvalue weighted by Crippen LogP contribution is -2.48. The molecular weight excluding hydrogens is 531 g/mol. The van der Waals surface area contributed by atoms with Crippen LogP contribution in [0.1, 0.15) is 38.5 Å². The molecule has 0 N–H and O–H groups in total. The Morgan fingerprint density at radius 3 is 2.14 bits per heavy atom. The van der Waals surface area contributed by atoms with E-state index in [1.54, 1.807) is 24.3 Å². The highest BCUT2D eigenvalue weighted by Gasteiger charge is 2.42. The van der Waals surface area contributed by atoms with Crippen LogP contribution in [0.3, 0.4) is 0 Å². The second-order valence-electron chi connectivity index (χ2n) is 9.34. The fraction of sp³-hybridized carbons (Fsp3) is 0.480. The van der Waals surface area contributed by atoms with E-state index in [0.717, 1.165) is 32.4 Å². The SMILES string of the molecule is O=C(CC1(COc2ccc(Cl)cc2)CCN(S(=O)(=O)c2ccc(Cl)cc2Cl)CC1)N1CCCCC1. The largest absolute Gasteiger partial charge is 0.493 e. The van der Waals surface area contributed by atoms with E-state index in [-0.39, 0.29) is 28.9 Å². The zero-order chi connectivity index (χ0) is 25.1. The first-order valence-corrected chi connectivity index (χ1v) is 14.4. The fourth-order valence-electron chi connectivity index (χ4n) is 4.74. The number of amides is 1. The summed E-state index contributed by atoms with van der Waals surface area (Å²) in [5.74, 6) is 0.781. The van der Waals surface area contributed by atoms with Crippen molar-refractivity contribution in [1.82, 2.24) is 9.21 Å². The van der Waals surface area contributed by atoms with Gasteiger partial charge < -0.3 is 9.64 Å². The smallest absolute Gasteiger partial charge is 0.244 e. The number of benzene rings is 2. The van der Waals surface area contributed by atoms with Crippen molar-refractivity contribution in [2.24, 2.45) is 5.41 Å². The third kappa shape index (κ3) is 6.44. The van der Waals surface area contributed by atoms with Crippen LogP contribution in [0, 0.1) is 5.41 Å². The molecule has 0 spiro atoms. The molecule has 2 aromatic carbocycles. The third-order valence-electron chi connectivity index (χ3n) is 6.89. The number of hydrogen-bond acceptors (Lipinski definition) is 4. The third-order valence-corrected chi connectivity index (χ3v) is 9.76. The van der Waals surface area contributed by atoms with Crippen LogP contribution >= 0.6 is 34.8 Å². The maximum atomic E-state index is 13.3. The van der Waals surface area contributed by atoms with E-state index in [4.69, 9.17) is 39.5 Å². The number of halogens is 3. The zero-order valence-electron chi connectivity index (χ0n) is 19.4. The van der Waals surface area contributed by atoms with E-state index < -0.39 is 15.4 Å². The Kier molecular flexibility index (Phi) is 8.54. The summed E-state index contributed by atoms with van der Waals surface area (Å²) in [5.41, 5.74) is -0.468. The molecule has 0 aliphatic carbocycles. The highest BCUT2D eigenvalue weighted by molar-refractivity contribution is 7.89. The summed E-state index contributed by atoms with van der Waals surface area (Å²) in [7, 11) is -3.79. The van der Waals surface area contributed by atoms with E-state index in [1.165, 1.54) is 22.5 Å². The second-order valence-corrected chi connectivity index (χ2v) is 12.5. The van der Waals surface area contributed by atoms with Crippen molar-refractivity contribution in [3.63, 3.8) is 0 Å². The van der Waals surface area contributed by atoms with Gasteiger partial charge in [0.15, 0.2) is 0 Å². The number of ether oxygens (including phenoxy) is 1. The van der Waals surface area contributed by atoms with E-state index >= 15 is 0 Å². The van der Waals surface area contributed by atoms with Crippen LogP contribution in [0.15, 0.2) is 47.4 Å². The van der Waals surface area contributed by atoms with Gasteiger partial charge in [-0.25, -0.2) is 8.42 Å². The van der Waals surface area contributed by atoms with Crippen LogP contribution in [-0.4, -0.2) is 56.3 Å². The first-order valence-electron chi connectivity index (χ1n) is 11.8. The normalized spacial score (nSPS) is 18.9. The van der Waals surface area contributed by atoms with Crippen molar-refractivity contribution < 1.29 is 17.9 Å². The number of rotatable bonds is 7. The summed E-state index contributed by atoms with van der Waals surface area (Å²) in [4.78, 5) is 15.2. The Morgan fingerprint density at radius 2 is 1.51 bits per heavy atom. The number of nitrogens with zero attached hydrogens (tertiary/aromatic N) is 2. The summed E-state index contributed by atoms with van der Waals surface area (Å²) in [5, 5.41) is 1.09. The molecule has 0 aromatic heterocycles.